The first-order chi connectivity index (χ1) is 4.83. The molecule has 0 amide bonds. The summed E-state index contributed by atoms with van der Waals surface area (Å²) in [6, 6.07) is 4.06. The summed E-state index contributed by atoms with van der Waals surface area (Å²) in [4.78, 5) is 1.26. The van der Waals surface area contributed by atoms with Gasteiger partial charge in [-0.3, -0.25) is 0 Å². The van der Waals surface area contributed by atoms with E-state index in [0.717, 1.165) is 6.42 Å². The first kappa shape index (κ1) is 7.13. The van der Waals surface area contributed by atoms with Crippen LogP contribution in [0.25, 0.3) is 0 Å². The zero-order valence-electron chi connectivity index (χ0n) is 5.63. The van der Waals surface area contributed by atoms with Gasteiger partial charge in [0.25, 0.3) is 0 Å². The minimum Gasteiger partial charge on any atom is -0.395 e. The maximum Gasteiger partial charge on any atom is 0.0558 e. The van der Waals surface area contributed by atoms with Crippen LogP contribution >= 0.6 is 11.3 Å². The SMILES string of the molecule is C=C=C(N)Cc1cccs1. The lowest BCUT2D eigenvalue weighted by Gasteiger charge is -1.91. The van der Waals surface area contributed by atoms with Gasteiger partial charge in [0.05, 0.1) is 5.70 Å². The summed E-state index contributed by atoms with van der Waals surface area (Å²) in [5.74, 6) is 0. The molecule has 0 fully saturated rings. The maximum absolute atomic E-state index is 5.51. The molecule has 0 spiro atoms. The first-order valence-electron chi connectivity index (χ1n) is 2.99. The molecule has 1 aromatic rings. The van der Waals surface area contributed by atoms with Crippen molar-refractivity contribution in [2.24, 2.45) is 5.73 Å². The van der Waals surface area contributed by atoms with Crippen molar-refractivity contribution < 1.29 is 0 Å². The third-order valence-corrected chi connectivity index (χ3v) is 2.05. The molecule has 1 aromatic heterocycles. The molecule has 2 heteroatoms. The minimum absolute atomic E-state index is 0.711. The molecule has 1 rings (SSSR count). The Hall–Kier alpha value is -0.980. The molecule has 0 unspecified atom stereocenters. The van der Waals surface area contributed by atoms with Gasteiger partial charge in [-0.05, 0) is 11.4 Å². The molecule has 0 aliphatic heterocycles. The molecule has 52 valence electrons. The van der Waals surface area contributed by atoms with Crippen molar-refractivity contribution in [2.45, 2.75) is 6.42 Å². The van der Waals surface area contributed by atoms with Gasteiger partial charge in [0.2, 0.25) is 0 Å². The third kappa shape index (κ3) is 1.76. The Bertz CT molecular complexity index is 242. The summed E-state index contributed by atoms with van der Waals surface area (Å²) < 4.78 is 0. The number of hydrogen-bond acceptors (Lipinski definition) is 2. The van der Waals surface area contributed by atoms with Gasteiger partial charge in [-0.25, -0.2) is 0 Å². The van der Waals surface area contributed by atoms with E-state index in [1.807, 2.05) is 11.4 Å². The van der Waals surface area contributed by atoms with Crippen molar-refractivity contribution >= 4 is 11.3 Å². The molecule has 0 aliphatic carbocycles. The van der Waals surface area contributed by atoms with E-state index in [1.165, 1.54) is 4.88 Å². The van der Waals surface area contributed by atoms with Gasteiger partial charge in [0.15, 0.2) is 0 Å². The number of hydrogen-bond donors (Lipinski definition) is 1. The zero-order chi connectivity index (χ0) is 7.40. The number of thiophene rings is 1. The normalized spacial score (nSPS) is 8.80. The van der Waals surface area contributed by atoms with E-state index < -0.39 is 0 Å². The minimum atomic E-state index is 0.711. The van der Waals surface area contributed by atoms with Crippen LogP contribution in [0.15, 0.2) is 35.5 Å². The van der Waals surface area contributed by atoms with E-state index in [0.29, 0.717) is 5.70 Å². The highest BCUT2D eigenvalue weighted by molar-refractivity contribution is 7.09. The number of nitrogens with two attached hydrogens (primary N) is 1. The smallest absolute Gasteiger partial charge is 0.0558 e. The second kappa shape index (κ2) is 3.25. The molecular weight excluding hydrogens is 142 g/mol. The summed E-state index contributed by atoms with van der Waals surface area (Å²) in [5, 5.41) is 2.03. The zero-order valence-corrected chi connectivity index (χ0v) is 6.45. The molecule has 0 saturated carbocycles. The summed E-state index contributed by atoms with van der Waals surface area (Å²) in [7, 11) is 0. The molecule has 0 aromatic carbocycles. The summed E-state index contributed by atoms with van der Waals surface area (Å²) >= 11 is 1.70. The summed E-state index contributed by atoms with van der Waals surface area (Å²) in [5.41, 5.74) is 8.88. The standard InChI is InChI=1S/C8H9NS/c1-2-7(9)6-8-4-3-5-10-8/h3-5H,1,6,9H2. The highest BCUT2D eigenvalue weighted by Gasteiger charge is 1.93. The average molecular weight is 151 g/mol. The van der Waals surface area contributed by atoms with Crippen LogP contribution in [0.2, 0.25) is 0 Å². The van der Waals surface area contributed by atoms with Crippen LogP contribution in [0.4, 0.5) is 0 Å². The molecule has 10 heavy (non-hydrogen) atoms. The van der Waals surface area contributed by atoms with Gasteiger partial charge in [0, 0.05) is 11.3 Å². The third-order valence-electron chi connectivity index (χ3n) is 1.17. The van der Waals surface area contributed by atoms with E-state index in [2.05, 4.69) is 18.4 Å². The summed E-state index contributed by atoms with van der Waals surface area (Å²) in [6.45, 7) is 3.46. The molecular formula is C8H9NS. The van der Waals surface area contributed by atoms with Gasteiger partial charge in [-0.1, -0.05) is 12.6 Å². The van der Waals surface area contributed by atoms with Crippen LogP contribution in [0, 0.1) is 0 Å². The van der Waals surface area contributed by atoms with Crippen LogP contribution in [-0.4, -0.2) is 0 Å². The fraction of sp³-hybridized carbons (Fsp3) is 0.125. The van der Waals surface area contributed by atoms with Gasteiger partial charge in [0.1, 0.15) is 0 Å². The second-order valence-corrected chi connectivity index (χ2v) is 2.99. The van der Waals surface area contributed by atoms with E-state index in [-0.39, 0.29) is 0 Å². The molecule has 2 N–H and O–H groups in total. The van der Waals surface area contributed by atoms with Crippen LogP contribution in [0.1, 0.15) is 4.88 Å². The Labute approximate surface area is 64.5 Å². The lowest BCUT2D eigenvalue weighted by molar-refractivity contribution is 1.15. The number of allylic oxidation sites excluding steroid dienone is 1. The predicted octanol–water partition coefficient (Wildman–Crippen LogP) is 1.92. The molecule has 0 atom stereocenters. The van der Waals surface area contributed by atoms with Crippen LogP contribution < -0.4 is 5.73 Å². The highest BCUT2D eigenvalue weighted by atomic mass is 32.1. The quantitative estimate of drug-likeness (QED) is 0.642. The Morgan fingerprint density at radius 1 is 1.80 bits per heavy atom. The lowest BCUT2D eigenvalue weighted by atomic mass is 10.3. The van der Waals surface area contributed by atoms with Crippen molar-refractivity contribution in [3.63, 3.8) is 0 Å². The van der Waals surface area contributed by atoms with E-state index in [1.54, 1.807) is 11.3 Å². The first-order valence-corrected chi connectivity index (χ1v) is 3.87. The van der Waals surface area contributed by atoms with E-state index >= 15 is 0 Å². The lowest BCUT2D eigenvalue weighted by Crippen LogP contribution is -1.97. The average Bonchev–Trinajstić information content (AvgIpc) is 2.40. The monoisotopic (exact) mass is 151 g/mol. The van der Waals surface area contributed by atoms with Gasteiger partial charge in [-0.15, -0.1) is 17.1 Å². The molecule has 0 bridgehead atoms. The molecule has 0 saturated heterocycles. The molecule has 0 aliphatic rings. The van der Waals surface area contributed by atoms with Crippen molar-refractivity contribution in [3.05, 3.63) is 40.4 Å². The Morgan fingerprint density at radius 3 is 3.10 bits per heavy atom. The van der Waals surface area contributed by atoms with Crippen molar-refractivity contribution in [3.8, 4) is 0 Å². The summed E-state index contributed by atoms with van der Waals surface area (Å²) in [6.07, 6.45) is 0.779. The van der Waals surface area contributed by atoms with Crippen LogP contribution in [0.5, 0.6) is 0 Å². The van der Waals surface area contributed by atoms with Crippen LogP contribution in [-0.2, 0) is 6.42 Å². The Balaban J connectivity index is 2.65. The molecule has 0 radical (unpaired) electrons. The van der Waals surface area contributed by atoms with Gasteiger partial charge < -0.3 is 5.73 Å². The number of rotatable bonds is 2. The van der Waals surface area contributed by atoms with Crippen molar-refractivity contribution in [2.75, 3.05) is 0 Å². The van der Waals surface area contributed by atoms with E-state index in [4.69, 9.17) is 5.73 Å². The Morgan fingerprint density at radius 2 is 2.60 bits per heavy atom. The van der Waals surface area contributed by atoms with E-state index in [9.17, 15) is 0 Å². The predicted molar refractivity (Wildman–Crippen MR) is 44.9 cm³/mol. The molecule has 1 nitrogen and oxygen atoms in total. The highest BCUT2D eigenvalue weighted by Crippen LogP contribution is 2.10. The topological polar surface area (TPSA) is 26.0 Å². The van der Waals surface area contributed by atoms with Crippen LogP contribution in [0.3, 0.4) is 0 Å². The Kier molecular flexibility index (Phi) is 2.32. The largest absolute Gasteiger partial charge is 0.395 e. The van der Waals surface area contributed by atoms with Crippen molar-refractivity contribution in [1.82, 2.24) is 0 Å². The fourth-order valence-electron chi connectivity index (χ4n) is 0.663. The maximum atomic E-state index is 5.51. The van der Waals surface area contributed by atoms with Gasteiger partial charge >= 0.3 is 0 Å². The van der Waals surface area contributed by atoms with Crippen molar-refractivity contribution in [1.29, 1.82) is 0 Å². The molecule has 1 heterocycles. The second-order valence-electron chi connectivity index (χ2n) is 1.96. The van der Waals surface area contributed by atoms with Gasteiger partial charge in [-0.2, -0.15) is 0 Å². The fourth-order valence-corrected chi connectivity index (χ4v) is 1.39.